The van der Waals surface area contributed by atoms with Crippen LogP contribution < -0.4 is 0 Å². The van der Waals surface area contributed by atoms with Crippen LogP contribution in [0.4, 0.5) is 4.39 Å². The van der Waals surface area contributed by atoms with Gasteiger partial charge >= 0.3 is 5.97 Å². The first-order valence-corrected chi connectivity index (χ1v) is 6.30. The van der Waals surface area contributed by atoms with Gasteiger partial charge in [-0.05, 0) is 17.7 Å². The van der Waals surface area contributed by atoms with Crippen molar-refractivity contribution >= 4 is 17.3 Å². The molecule has 1 N–H and O–H groups in total. The second-order valence-corrected chi connectivity index (χ2v) is 5.23. The molecule has 18 heavy (non-hydrogen) atoms. The molecular formula is C13H12FNO2S. The fraction of sp³-hybridized carbons (Fsp3) is 0.231. The average molecular weight is 265 g/mol. The Labute approximate surface area is 108 Å². The van der Waals surface area contributed by atoms with E-state index in [4.69, 9.17) is 5.11 Å². The van der Waals surface area contributed by atoms with E-state index < -0.39 is 5.97 Å². The first-order chi connectivity index (χ1) is 8.49. The van der Waals surface area contributed by atoms with E-state index in [1.54, 1.807) is 12.1 Å². The highest BCUT2D eigenvalue weighted by molar-refractivity contribution is 7.15. The zero-order chi connectivity index (χ0) is 13.3. The van der Waals surface area contributed by atoms with Gasteiger partial charge in [0.05, 0.1) is 9.88 Å². The number of hydrogen-bond donors (Lipinski definition) is 1. The number of halogens is 1. The van der Waals surface area contributed by atoms with E-state index in [0.29, 0.717) is 10.4 Å². The minimum Gasteiger partial charge on any atom is -0.476 e. The molecule has 0 fully saturated rings. The Kier molecular flexibility index (Phi) is 3.43. The number of hydrogen-bond acceptors (Lipinski definition) is 3. The maximum Gasteiger partial charge on any atom is 0.356 e. The lowest BCUT2D eigenvalue weighted by atomic mass is 10.1. The van der Waals surface area contributed by atoms with E-state index >= 15 is 0 Å². The molecule has 0 aliphatic rings. The van der Waals surface area contributed by atoms with Gasteiger partial charge in [0.2, 0.25) is 0 Å². The smallest absolute Gasteiger partial charge is 0.356 e. The van der Waals surface area contributed by atoms with Crippen LogP contribution in [0.5, 0.6) is 0 Å². The van der Waals surface area contributed by atoms with E-state index in [-0.39, 0.29) is 17.4 Å². The molecule has 0 radical (unpaired) electrons. The number of aromatic nitrogens is 1. The van der Waals surface area contributed by atoms with Gasteiger partial charge in [-0.15, -0.1) is 11.3 Å². The molecule has 0 aliphatic carbocycles. The molecule has 0 saturated carbocycles. The van der Waals surface area contributed by atoms with Crippen LogP contribution in [-0.4, -0.2) is 16.1 Å². The van der Waals surface area contributed by atoms with Crippen molar-refractivity contribution in [3.63, 3.8) is 0 Å². The molecule has 1 heterocycles. The summed E-state index contributed by atoms with van der Waals surface area (Å²) < 4.78 is 12.9. The van der Waals surface area contributed by atoms with E-state index in [0.717, 1.165) is 5.01 Å². The van der Waals surface area contributed by atoms with Crippen LogP contribution in [0.3, 0.4) is 0 Å². The summed E-state index contributed by atoms with van der Waals surface area (Å²) in [5.74, 6) is -1.23. The van der Waals surface area contributed by atoms with Gasteiger partial charge in [0.25, 0.3) is 0 Å². The molecule has 5 heteroatoms. The number of thiazole rings is 1. The van der Waals surface area contributed by atoms with Crippen molar-refractivity contribution < 1.29 is 14.3 Å². The van der Waals surface area contributed by atoms with Crippen molar-refractivity contribution in [1.29, 1.82) is 0 Å². The third kappa shape index (κ3) is 2.41. The van der Waals surface area contributed by atoms with Crippen LogP contribution in [0.2, 0.25) is 0 Å². The fourth-order valence-electron chi connectivity index (χ4n) is 1.53. The monoisotopic (exact) mass is 265 g/mol. The van der Waals surface area contributed by atoms with Gasteiger partial charge in [0.15, 0.2) is 5.69 Å². The van der Waals surface area contributed by atoms with Crippen molar-refractivity contribution in [3.05, 3.63) is 40.8 Å². The first kappa shape index (κ1) is 12.7. The SMILES string of the molecule is CC(C)c1nc(C(=O)O)c(-c2ccc(F)cc2)s1. The third-order valence-corrected chi connectivity index (χ3v) is 3.85. The lowest BCUT2D eigenvalue weighted by Gasteiger charge is -1.98. The van der Waals surface area contributed by atoms with E-state index in [1.165, 1.54) is 23.5 Å². The number of carboxylic acids is 1. The lowest BCUT2D eigenvalue weighted by molar-refractivity contribution is 0.0692. The maximum absolute atomic E-state index is 12.9. The summed E-state index contributed by atoms with van der Waals surface area (Å²) in [7, 11) is 0. The van der Waals surface area contributed by atoms with Crippen LogP contribution in [0.25, 0.3) is 10.4 Å². The van der Waals surface area contributed by atoms with Crippen molar-refractivity contribution in [2.24, 2.45) is 0 Å². The molecule has 3 nitrogen and oxygen atoms in total. The maximum atomic E-state index is 12.9. The predicted molar refractivity (Wildman–Crippen MR) is 68.6 cm³/mol. The molecule has 2 rings (SSSR count). The predicted octanol–water partition coefficient (Wildman–Crippen LogP) is 3.77. The Bertz CT molecular complexity index is 575. The van der Waals surface area contributed by atoms with Gasteiger partial charge in [-0.1, -0.05) is 26.0 Å². The number of carbonyl (C=O) groups is 1. The van der Waals surface area contributed by atoms with Gasteiger partial charge in [-0.3, -0.25) is 0 Å². The van der Waals surface area contributed by atoms with Crippen molar-refractivity contribution in [1.82, 2.24) is 4.98 Å². The van der Waals surface area contributed by atoms with Gasteiger partial charge in [-0.2, -0.15) is 0 Å². The largest absolute Gasteiger partial charge is 0.476 e. The molecule has 2 aromatic rings. The highest BCUT2D eigenvalue weighted by Crippen LogP contribution is 2.33. The number of benzene rings is 1. The highest BCUT2D eigenvalue weighted by atomic mass is 32.1. The van der Waals surface area contributed by atoms with E-state index in [2.05, 4.69) is 4.98 Å². The number of carboxylic acid groups (broad SMARTS) is 1. The summed E-state index contributed by atoms with van der Waals surface area (Å²) >= 11 is 1.34. The summed E-state index contributed by atoms with van der Waals surface area (Å²) in [6, 6.07) is 5.77. The van der Waals surface area contributed by atoms with Crippen LogP contribution in [0.1, 0.15) is 35.3 Å². The molecule has 0 unspecified atom stereocenters. The topological polar surface area (TPSA) is 50.2 Å². The van der Waals surface area contributed by atoms with Crippen LogP contribution >= 0.6 is 11.3 Å². The van der Waals surface area contributed by atoms with E-state index in [1.807, 2.05) is 13.8 Å². The molecule has 0 atom stereocenters. The third-order valence-electron chi connectivity index (χ3n) is 2.45. The van der Waals surface area contributed by atoms with Crippen LogP contribution in [0, 0.1) is 5.82 Å². The molecular weight excluding hydrogens is 253 g/mol. The van der Waals surface area contributed by atoms with Gasteiger partial charge in [0.1, 0.15) is 5.82 Å². The van der Waals surface area contributed by atoms with Gasteiger partial charge in [0, 0.05) is 5.92 Å². The molecule has 1 aromatic carbocycles. The minimum atomic E-state index is -1.06. The molecule has 1 aromatic heterocycles. The van der Waals surface area contributed by atoms with E-state index in [9.17, 15) is 9.18 Å². The Hall–Kier alpha value is -1.75. The average Bonchev–Trinajstić information content (AvgIpc) is 2.75. The van der Waals surface area contributed by atoms with Crippen LogP contribution in [0.15, 0.2) is 24.3 Å². The summed E-state index contributed by atoms with van der Waals surface area (Å²) in [5.41, 5.74) is 0.716. The second kappa shape index (κ2) is 4.86. The van der Waals surface area contributed by atoms with Crippen molar-refractivity contribution in [3.8, 4) is 10.4 Å². The summed E-state index contributed by atoms with van der Waals surface area (Å²) in [4.78, 5) is 15.9. The zero-order valence-electron chi connectivity index (χ0n) is 9.98. The van der Waals surface area contributed by atoms with Gasteiger partial charge < -0.3 is 5.11 Å². The molecule has 0 bridgehead atoms. The first-order valence-electron chi connectivity index (χ1n) is 5.49. The standard InChI is InChI=1S/C13H12FNO2S/c1-7(2)12-15-10(13(16)17)11(18-12)8-3-5-9(14)6-4-8/h3-7H,1-2H3,(H,16,17). The van der Waals surface area contributed by atoms with Gasteiger partial charge in [-0.25, -0.2) is 14.2 Å². The summed E-state index contributed by atoms with van der Waals surface area (Å²) in [6.45, 7) is 3.91. The normalized spacial score (nSPS) is 10.9. The molecule has 0 amide bonds. The quantitative estimate of drug-likeness (QED) is 0.919. The Morgan fingerprint density at radius 1 is 1.33 bits per heavy atom. The number of rotatable bonds is 3. The Balaban J connectivity index is 2.55. The second-order valence-electron chi connectivity index (χ2n) is 4.20. The highest BCUT2D eigenvalue weighted by Gasteiger charge is 2.19. The summed E-state index contributed by atoms with van der Waals surface area (Å²) in [6.07, 6.45) is 0. The minimum absolute atomic E-state index is 0.0373. The fourth-order valence-corrected chi connectivity index (χ4v) is 2.59. The molecule has 94 valence electrons. The molecule has 0 saturated heterocycles. The Morgan fingerprint density at radius 3 is 2.44 bits per heavy atom. The summed E-state index contributed by atoms with van der Waals surface area (Å²) in [5, 5.41) is 9.92. The molecule has 0 aliphatic heterocycles. The Morgan fingerprint density at radius 2 is 1.94 bits per heavy atom. The van der Waals surface area contributed by atoms with Crippen molar-refractivity contribution in [2.75, 3.05) is 0 Å². The van der Waals surface area contributed by atoms with Crippen LogP contribution in [-0.2, 0) is 0 Å². The zero-order valence-corrected chi connectivity index (χ0v) is 10.8. The molecule has 0 spiro atoms. The number of nitrogens with zero attached hydrogens (tertiary/aromatic N) is 1. The lowest BCUT2D eigenvalue weighted by Crippen LogP contribution is -1.99. The van der Waals surface area contributed by atoms with Crippen molar-refractivity contribution in [2.45, 2.75) is 19.8 Å². The number of aromatic carboxylic acids is 1.